The number of carbonyl (C=O) groups excluding carboxylic acids is 1. The Morgan fingerprint density at radius 3 is 2.44 bits per heavy atom. The van der Waals surface area contributed by atoms with E-state index in [9.17, 15) is 22.8 Å². The Hall–Kier alpha value is -3.95. The average molecular weight is 442 g/mol. The van der Waals surface area contributed by atoms with E-state index in [4.69, 9.17) is 4.74 Å². The van der Waals surface area contributed by atoms with Gasteiger partial charge in [0, 0.05) is 30.9 Å². The second-order valence-corrected chi connectivity index (χ2v) is 7.08. The molecule has 0 atom stereocenters. The van der Waals surface area contributed by atoms with E-state index in [0.717, 1.165) is 19.2 Å². The van der Waals surface area contributed by atoms with Crippen LogP contribution in [0.25, 0.3) is 16.7 Å². The highest BCUT2D eigenvalue weighted by molar-refractivity contribution is 5.94. The van der Waals surface area contributed by atoms with E-state index in [1.165, 1.54) is 4.57 Å². The number of para-hydroxylation sites is 1. The van der Waals surface area contributed by atoms with Gasteiger partial charge in [-0.3, -0.25) is 14.0 Å². The predicted octanol–water partition coefficient (Wildman–Crippen LogP) is 3.52. The molecule has 0 aliphatic carbocycles. The zero-order valence-corrected chi connectivity index (χ0v) is 17.1. The van der Waals surface area contributed by atoms with Gasteiger partial charge in [0.25, 0.3) is 0 Å². The average Bonchev–Trinajstić information content (AvgIpc) is 3.19. The van der Waals surface area contributed by atoms with Crippen molar-refractivity contribution in [3.8, 4) is 5.69 Å². The molecule has 0 aliphatic heterocycles. The number of methoxy groups -OCH3 is 1. The van der Waals surface area contributed by atoms with E-state index in [1.807, 2.05) is 0 Å². The Morgan fingerprint density at radius 2 is 1.84 bits per heavy atom. The summed E-state index contributed by atoms with van der Waals surface area (Å²) >= 11 is 0. The van der Waals surface area contributed by atoms with Crippen LogP contribution < -0.4 is 5.43 Å². The minimum atomic E-state index is -4.73. The van der Waals surface area contributed by atoms with E-state index in [0.29, 0.717) is 11.3 Å². The molecule has 4 aromatic rings. The number of alkyl halides is 3. The maximum Gasteiger partial charge on any atom is 0.433 e. The Labute approximate surface area is 179 Å². The first kappa shape index (κ1) is 21.3. The van der Waals surface area contributed by atoms with Gasteiger partial charge in [-0.05, 0) is 29.8 Å². The van der Waals surface area contributed by atoms with Gasteiger partial charge in [0.2, 0.25) is 0 Å². The van der Waals surface area contributed by atoms with Crippen molar-refractivity contribution < 1.29 is 22.7 Å². The van der Waals surface area contributed by atoms with Crippen LogP contribution in [-0.2, 0) is 24.4 Å². The summed E-state index contributed by atoms with van der Waals surface area (Å²) in [7, 11) is 2.84. The Bertz CT molecular complexity index is 1380. The molecule has 0 fully saturated rings. The van der Waals surface area contributed by atoms with Crippen LogP contribution in [0.5, 0.6) is 0 Å². The van der Waals surface area contributed by atoms with Crippen LogP contribution in [0.15, 0.2) is 59.7 Å². The normalized spacial score (nSPS) is 11.7. The molecule has 0 aliphatic rings. The monoisotopic (exact) mass is 442 g/mol. The number of fused-ring (bicyclic) bond motifs is 1. The fraction of sp³-hybridized carbons (Fsp3) is 0.182. The third kappa shape index (κ3) is 3.75. The molecule has 10 heteroatoms. The lowest BCUT2D eigenvalue weighted by Gasteiger charge is -2.19. The third-order valence-corrected chi connectivity index (χ3v) is 4.94. The van der Waals surface area contributed by atoms with Crippen LogP contribution in [0.4, 0.5) is 13.2 Å². The topological polar surface area (TPSA) is 79.0 Å². The summed E-state index contributed by atoms with van der Waals surface area (Å²) < 4.78 is 47.9. The quantitative estimate of drug-likeness (QED) is 0.452. The van der Waals surface area contributed by atoms with Crippen molar-refractivity contribution in [2.24, 2.45) is 7.05 Å². The number of hydrogen-bond donors (Lipinski definition) is 0. The number of pyridine rings is 2. The Balaban J connectivity index is 2.15. The predicted molar refractivity (Wildman–Crippen MR) is 110 cm³/mol. The molecule has 3 aromatic heterocycles. The van der Waals surface area contributed by atoms with Crippen LogP contribution in [0.1, 0.15) is 27.3 Å². The molecule has 3 heterocycles. The molecular formula is C22H17F3N4O3. The second-order valence-electron chi connectivity index (χ2n) is 7.08. The fourth-order valence-electron chi connectivity index (χ4n) is 3.54. The first-order valence-corrected chi connectivity index (χ1v) is 9.48. The number of halogens is 3. The number of ether oxygens (including phenoxy) is 1. The molecule has 0 radical (unpaired) electrons. The molecule has 0 saturated carbocycles. The summed E-state index contributed by atoms with van der Waals surface area (Å²) in [5, 5.41) is 4.03. The van der Waals surface area contributed by atoms with E-state index in [2.05, 4.69) is 10.1 Å². The first-order valence-electron chi connectivity index (χ1n) is 9.48. The number of hydrogen-bond acceptors (Lipinski definition) is 5. The van der Waals surface area contributed by atoms with Crippen LogP contribution >= 0.6 is 0 Å². The molecule has 0 spiro atoms. The van der Waals surface area contributed by atoms with Crippen molar-refractivity contribution in [1.82, 2.24) is 19.3 Å². The summed E-state index contributed by atoms with van der Waals surface area (Å²) in [6.45, 7) is 0. The Morgan fingerprint density at radius 1 is 1.12 bits per heavy atom. The van der Waals surface area contributed by atoms with E-state index in [-0.39, 0.29) is 28.7 Å². The summed E-state index contributed by atoms with van der Waals surface area (Å²) in [5.41, 5.74) is -1.17. The zero-order chi connectivity index (χ0) is 23.0. The standard InChI is InChI=1S/C22H17F3N4O3/c1-28-12-13(11-26-28)10-16-18(21(31)32-2)29(14-6-4-3-5-7-14)20-15(19(16)30)8-9-17(27-20)22(23,24)25/h3-9,11-12H,10H2,1-2H3. The largest absolute Gasteiger partial charge is 0.464 e. The zero-order valence-electron chi connectivity index (χ0n) is 17.1. The molecule has 1 aromatic carbocycles. The first-order chi connectivity index (χ1) is 15.2. The van der Waals surface area contributed by atoms with Gasteiger partial charge in [-0.15, -0.1) is 0 Å². The van der Waals surface area contributed by atoms with Crippen LogP contribution in [0.2, 0.25) is 0 Å². The van der Waals surface area contributed by atoms with Crippen LogP contribution in [0.3, 0.4) is 0 Å². The van der Waals surface area contributed by atoms with Gasteiger partial charge < -0.3 is 4.74 Å². The van der Waals surface area contributed by atoms with Gasteiger partial charge in [-0.25, -0.2) is 9.78 Å². The van der Waals surface area contributed by atoms with Crippen molar-refractivity contribution in [3.63, 3.8) is 0 Å². The van der Waals surface area contributed by atoms with E-state index in [1.54, 1.807) is 54.5 Å². The summed E-state index contributed by atoms with van der Waals surface area (Å²) in [4.78, 5) is 29.9. The van der Waals surface area contributed by atoms with Gasteiger partial charge in [-0.2, -0.15) is 18.3 Å². The van der Waals surface area contributed by atoms with Gasteiger partial charge in [-0.1, -0.05) is 18.2 Å². The number of nitrogens with zero attached hydrogens (tertiary/aromatic N) is 4. The highest BCUT2D eigenvalue weighted by atomic mass is 19.4. The van der Waals surface area contributed by atoms with Crippen LogP contribution in [0, 0.1) is 0 Å². The maximum atomic E-state index is 13.4. The van der Waals surface area contributed by atoms with Gasteiger partial charge in [0.05, 0.1) is 18.7 Å². The summed E-state index contributed by atoms with van der Waals surface area (Å²) in [5.74, 6) is -0.869. The lowest BCUT2D eigenvalue weighted by atomic mass is 10.0. The number of aryl methyl sites for hydroxylation is 1. The number of aromatic nitrogens is 4. The lowest BCUT2D eigenvalue weighted by Crippen LogP contribution is -2.26. The summed E-state index contributed by atoms with van der Waals surface area (Å²) in [6.07, 6.45) is -1.47. The van der Waals surface area contributed by atoms with Crippen molar-refractivity contribution in [1.29, 1.82) is 0 Å². The highest BCUT2D eigenvalue weighted by Gasteiger charge is 2.34. The molecule has 164 valence electrons. The van der Waals surface area contributed by atoms with Gasteiger partial charge in [0.1, 0.15) is 17.0 Å². The minimum absolute atomic E-state index is 0.0287. The molecule has 4 rings (SSSR count). The molecule has 0 amide bonds. The third-order valence-electron chi connectivity index (χ3n) is 4.94. The van der Waals surface area contributed by atoms with Crippen LogP contribution in [-0.4, -0.2) is 32.4 Å². The molecule has 0 bridgehead atoms. The molecule has 0 N–H and O–H groups in total. The molecule has 0 saturated heterocycles. The van der Waals surface area contributed by atoms with Gasteiger partial charge >= 0.3 is 12.1 Å². The number of carbonyl (C=O) groups is 1. The lowest BCUT2D eigenvalue weighted by molar-refractivity contribution is -0.141. The molecular weight excluding hydrogens is 425 g/mol. The van der Waals surface area contributed by atoms with E-state index >= 15 is 0 Å². The van der Waals surface area contributed by atoms with Crippen molar-refractivity contribution in [3.05, 3.63) is 87.6 Å². The van der Waals surface area contributed by atoms with Gasteiger partial charge in [0.15, 0.2) is 5.43 Å². The number of rotatable bonds is 4. The fourth-order valence-corrected chi connectivity index (χ4v) is 3.54. The number of esters is 1. The highest BCUT2D eigenvalue weighted by Crippen LogP contribution is 2.30. The van der Waals surface area contributed by atoms with E-state index < -0.39 is 23.3 Å². The summed E-state index contributed by atoms with van der Waals surface area (Å²) in [6, 6.07) is 10.1. The minimum Gasteiger partial charge on any atom is -0.464 e. The van der Waals surface area contributed by atoms with Crippen molar-refractivity contribution in [2.45, 2.75) is 12.6 Å². The van der Waals surface area contributed by atoms with Crippen molar-refractivity contribution in [2.75, 3.05) is 7.11 Å². The molecule has 32 heavy (non-hydrogen) atoms. The SMILES string of the molecule is COC(=O)c1c(Cc2cnn(C)c2)c(=O)c2ccc(C(F)(F)F)nc2n1-c1ccccc1. The Kier molecular flexibility index (Phi) is 5.29. The second kappa shape index (κ2) is 7.95. The smallest absolute Gasteiger partial charge is 0.433 e. The maximum absolute atomic E-state index is 13.4. The molecule has 7 nitrogen and oxygen atoms in total. The number of benzene rings is 1. The van der Waals surface area contributed by atoms with Crippen molar-refractivity contribution >= 4 is 17.0 Å². The molecule has 0 unspecified atom stereocenters.